The van der Waals surface area contributed by atoms with Crippen LogP contribution in [0.4, 0.5) is 10.8 Å². The highest BCUT2D eigenvalue weighted by Crippen LogP contribution is 2.32. The Kier molecular flexibility index (Phi) is 6.71. The summed E-state index contributed by atoms with van der Waals surface area (Å²) in [6.07, 6.45) is 1.23. The number of anilines is 2. The van der Waals surface area contributed by atoms with E-state index in [9.17, 15) is 14.4 Å². The van der Waals surface area contributed by atoms with E-state index in [2.05, 4.69) is 4.90 Å². The van der Waals surface area contributed by atoms with E-state index in [1.165, 1.54) is 16.2 Å². The van der Waals surface area contributed by atoms with Gasteiger partial charge in [0.15, 0.2) is 5.13 Å². The number of fused-ring (bicyclic) bond motifs is 1. The summed E-state index contributed by atoms with van der Waals surface area (Å²) in [5, 5.41) is 0.621. The van der Waals surface area contributed by atoms with E-state index in [1.807, 2.05) is 32.3 Å². The summed E-state index contributed by atoms with van der Waals surface area (Å²) in [7, 11) is 5.61. The number of rotatable bonds is 8. The molecule has 172 valence electrons. The lowest BCUT2D eigenvalue weighted by atomic mass is 10.1. The minimum absolute atomic E-state index is 0.176. The molecule has 2 heterocycles. The molecule has 1 aromatic heterocycles. The fraction of sp³-hybridized carbons (Fsp3) is 0.333. The molecule has 0 unspecified atom stereocenters. The molecule has 0 atom stereocenters. The molecule has 1 fully saturated rings. The number of ether oxygens (including phenoxy) is 1. The normalized spacial score (nSPS) is 13.9. The summed E-state index contributed by atoms with van der Waals surface area (Å²) in [6.45, 7) is 1.35. The number of carbonyl (C=O) groups excluding carboxylic acids is 3. The van der Waals surface area contributed by atoms with Gasteiger partial charge in [-0.3, -0.25) is 24.2 Å². The third-order valence-electron chi connectivity index (χ3n) is 5.47. The van der Waals surface area contributed by atoms with Crippen LogP contribution in [-0.2, 0) is 9.59 Å². The van der Waals surface area contributed by atoms with Gasteiger partial charge >= 0.3 is 0 Å². The van der Waals surface area contributed by atoms with Gasteiger partial charge in [0, 0.05) is 24.9 Å². The first kappa shape index (κ1) is 22.9. The van der Waals surface area contributed by atoms with Crippen LogP contribution in [0.5, 0.6) is 5.75 Å². The van der Waals surface area contributed by atoms with Gasteiger partial charge in [-0.2, -0.15) is 0 Å². The standard InChI is InChI=1S/C24H26N4O4S/c1-26(2)13-4-14-27(24-25-19-10-9-18(32-3)15-20(19)33-24)23(31)16-5-7-17(8-6-16)28-21(29)11-12-22(28)30/h5-10,15H,4,11-14H2,1-3H3. The number of nitrogens with zero attached hydrogens (tertiary/aromatic N) is 4. The van der Waals surface area contributed by atoms with Crippen molar-refractivity contribution in [1.29, 1.82) is 0 Å². The molecule has 0 spiro atoms. The monoisotopic (exact) mass is 466 g/mol. The highest BCUT2D eigenvalue weighted by molar-refractivity contribution is 7.22. The fourth-order valence-electron chi connectivity index (χ4n) is 3.74. The lowest BCUT2D eigenvalue weighted by Gasteiger charge is -2.21. The van der Waals surface area contributed by atoms with E-state index in [4.69, 9.17) is 9.72 Å². The molecule has 1 aliphatic rings. The number of hydrogen-bond donors (Lipinski definition) is 0. The van der Waals surface area contributed by atoms with Gasteiger partial charge in [0.05, 0.1) is 23.0 Å². The summed E-state index contributed by atoms with van der Waals surface area (Å²) in [5.74, 6) is 0.138. The number of amides is 3. The molecule has 0 radical (unpaired) electrons. The molecule has 0 aliphatic carbocycles. The van der Waals surface area contributed by atoms with E-state index in [1.54, 1.807) is 36.3 Å². The summed E-state index contributed by atoms with van der Waals surface area (Å²) >= 11 is 1.44. The molecule has 1 aliphatic heterocycles. The predicted molar refractivity (Wildman–Crippen MR) is 129 cm³/mol. The second-order valence-electron chi connectivity index (χ2n) is 8.11. The number of thiazole rings is 1. The van der Waals surface area contributed by atoms with Crippen molar-refractivity contribution in [1.82, 2.24) is 9.88 Å². The molecule has 0 saturated carbocycles. The second kappa shape index (κ2) is 9.68. The van der Waals surface area contributed by atoms with Crippen LogP contribution in [0, 0.1) is 0 Å². The quantitative estimate of drug-likeness (QED) is 0.472. The zero-order chi connectivity index (χ0) is 23.5. The minimum Gasteiger partial charge on any atom is -0.497 e. The van der Waals surface area contributed by atoms with Crippen molar-refractivity contribution < 1.29 is 19.1 Å². The van der Waals surface area contributed by atoms with E-state index in [0.717, 1.165) is 28.9 Å². The van der Waals surface area contributed by atoms with Crippen molar-refractivity contribution in [3.05, 3.63) is 48.0 Å². The van der Waals surface area contributed by atoms with Crippen LogP contribution in [0.3, 0.4) is 0 Å². The molecule has 0 bridgehead atoms. The molecule has 3 aromatic rings. The van der Waals surface area contributed by atoms with Gasteiger partial charge in [-0.25, -0.2) is 4.98 Å². The smallest absolute Gasteiger partial charge is 0.260 e. The summed E-state index contributed by atoms with van der Waals surface area (Å²) in [6, 6.07) is 12.3. The van der Waals surface area contributed by atoms with Crippen molar-refractivity contribution in [3.63, 3.8) is 0 Å². The average molecular weight is 467 g/mol. The van der Waals surface area contributed by atoms with Crippen LogP contribution in [0.15, 0.2) is 42.5 Å². The first-order chi connectivity index (χ1) is 15.9. The molecule has 1 saturated heterocycles. The zero-order valence-electron chi connectivity index (χ0n) is 18.9. The molecule has 0 N–H and O–H groups in total. The van der Waals surface area contributed by atoms with Crippen molar-refractivity contribution >= 4 is 50.1 Å². The number of carbonyl (C=O) groups is 3. The van der Waals surface area contributed by atoms with Gasteiger partial charge in [-0.15, -0.1) is 0 Å². The molecule has 4 rings (SSSR count). The van der Waals surface area contributed by atoms with Crippen LogP contribution < -0.4 is 14.5 Å². The molecule has 2 aromatic carbocycles. The van der Waals surface area contributed by atoms with E-state index in [-0.39, 0.29) is 30.6 Å². The summed E-state index contributed by atoms with van der Waals surface area (Å²) in [5.41, 5.74) is 1.77. The highest BCUT2D eigenvalue weighted by atomic mass is 32.1. The Morgan fingerprint density at radius 2 is 1.76 bits per heavy atom. The Bertz CT molecular complexity index is 1170. The van der Waals surface area contributed by atoms with Gasteiger partial charge in [-0.05, 0) is 69.5 Å². The van der Waals surface area contributed by atoms with Crippen LogP contribution in [0.25, 0.3) is 10.2 Å². The van der Waals surface area contributed by atoms with Gasteiger partial charge in [0.25, 0.3) is 5.91 Å². The fourth-order valence-corrected chi connectivity index (χ4v) is 4.76. The number of benzene rings is 2. The lowest BCUT2D eigenvalue weighted by Crippen LogP contribution is -2.33. The van der Waals surface area contributed by atoms with Crippen molar-refractivity contribution in [2.45, 2.75) is 19.3 Å². The van der Waals surface area contributed by atoms with Gasteiger partial charge in [-0.1, -0.05) is 11.3 Å². The molecule has 33 heavy (non-hydrogen) atoms. The molecule has 8 nitrogen and oxygen atoms in total. The number of aromatic nitrogens is 1. The zero-order valence-corrected chi connectivity index (χ0v) is 19.7. The Balaban J connectivity index is 1.62. The number of imide groups is 1. The molecule has 9 heteroatoms. The van der Waals surface area contributed by atoms with Crippen LogP contribution in [0.2, 0.25) is 0 Å². The number of hydrogen-bond acceptors (Lipinski definition) is 7. The lowest BCUT2D eigenvalue weighted by molar-refractivity contribution is -0.121. The maximum absolute atomic E-state index is 13.5. The summed E-state index contributed by atoms with van der Waals surface area (Å²) in [4.78, 5) is 47.2. The molecule has 3 amide bonds. The van der Waals surface area contributed by atoms with Gasteiger partial charge in [0.2, 0.25) is 11.8 Å². The highest BCUT2D eigenvalue weighted by Gasteiger charge is 2.30. The summed E-state index contributed by atoms with van der Waals surface area (Å²) < 4.78 is 6.25. The SMILES string of the molecule is COc1ccc2nc(N(CCCN(C)C)C(=O)c3ccc(N4C(=O)CCC4=O)cc3)sc2c1. The predicted octanol–water partition coefficient (Wildman–Crippen LogP) is 3.56. The topological polar surface area (TPSA) is 83.1 Å². The first-order valence-corrected chi connectivity index (χ1v) is 11.6. The maximum Gasteiger partial charge on any atom is 0.260 e. The van der Waals surface area contributed by atoms with Crippen LogP contribution in [0.1, 0.15) is 29.6 Å². The molecular weight excluding hydrogens is 440 g/mol. The maximum atomic E-state index is 13.5. The van der Waals surface area contributed by atoms with Crippen LogP contribution >= 0.6 is 11.3 Å². The van der Waals surface area contributed by atoms with Crippen molar-refractivity contribution in [2.75, 3.05) is 44.1 Å². The Morgan fingerprint density at radius 3 is 2.39 bits per heavy atom. The van der Waals surface area contributed by atoms with E-state index >= 15 is 0 Å². The van der Waals surface area contributed by atoms with Gasteiger partial charge in [0.1, 0.15) is 5.75 Å². The Labute approximate surface area is 196 Å². The number of methoxy groups -OCH3 is 1. The van der Waals surface area contributed by atoms with Crippen molar-refractivity contribution in [3.8, 4) is 5.75 Å². The van der Waals surface area contributed by atoms with Gasteiger partial charge < -0.3 is 9.64 Å². The second-order valence-corrected chi connectivity index (χ2v) is 9.12. The van der Waals surface area contributed by atoms with Crippen molar-refractivity contribution in [2.24, 2.45) is 0 Å². The third kappa shape index (κ3) is 4.89. The van der Waals surface area contributed by atoms with Crippen LogP contribution in [-0.4, -0.2) is 61.9 Å². The molecular formula is C24H26N4O4S. The van der Waals surface area contributed by atoms with E-state index in [0.29, 0.717) is 22.9 Å². The van der Waals surface area contributed by atoms with E-state index < -0.39 is 0 Å². The third-order valence-corrected chi connectivity index (χ3v) is 6.51. The largest absolute Gasteiger partial charge is 0.497 e. The Hall–Kier alpha value is -3.30. The average Bonchev–Trinajstić information content (AvgIpc) is 3.38. The Morgan fingerprint density at radius 1 is 1.06 bits per heavy atom. The first-order valence-electron chi connectivity index (χ1n) is 10.7. The minimum atomic E-state index is -0.214.